The van der Waals surface area contributed by atoms with Crippen molar-refractivity contribution in [1.82, 2.24) is 15.2 Å². The van der Waals surface area contributed by atoms with Crippen molar-refractivity contribution in [3.63, 3.8) is 0 Å². The van der Waals surface area contributed by atoms with E-state index in [1.807, 2.05) is 12.1 Å². The molecule has 0 atom stereocenters. The lowest BCUT2D eigenvalue weighted by Crippen LogP contribution is -2.51. The molecule has 2 aliphatic carbocycles. The van der Waals surface area contributed by atoms with Crippen LogP contribution in [0.2, 0.25) is 0 Å². The molecule has 0 unspecified atom stereocenters. The highest BCUT2D eigenvalue weighted by atomic mass is 79.9. The van der Waals surface area contributed by atoms with E-state index < -0.39 is 0 Å². The minimum absolute atomic E-state index is 0.251. The minimum atomic E-state index is 0.251. The second-order valence-electron chi connectivity index (χ2n) is 9.10. The summed E-state index contributed by atoms with van der Waals surface area (Å²) in [5, 5.41) is 3.53. The summed E-state index contributed by atoms with van der Waals surface area (Å²) in [6.07, 6.45) is 12.8. The van der Waals surface area contributed by atoms with Gasteiger partial charge in [-0.05, 0) is 63.6 Å². The van der Waals surface area contributed by atoms with Crippen LogP contribution in [0.5, 0.6) is 5.88 Å². The predicted octanol–water partition coefficient (Wildman–Crippen LogP) is 3.77. The van der Waals surface area contributed by atoms with Crippen molar-refractivity contribution in [2.45, 2.75) is 75.2 Å². The number of hydrogen-bond acceptors (Lipinski definition) is 5. The number of likely N-dealkylation sites (tertiary alicyclic amines) is 1. The molecule has 3 heterocycles. The Labute approximate surface area is 176 Å². The van der Waals surface area contributed by atoms with Crippen LogP contribution in [-0.4, -0.2) is 59.9 Å². The Kier molecular flexibility index (Phi) is 5.65. The first-order valence-electron chi connectivity index (χ1n) is 11.1. The van der Waals surface area contributed by atoms with Crippen LogP contribution in [0, 0.1) is 5.92 Å². The van der Waals surface area contributed by atoms with Crippen molar-refractivity contribution in [2.75, 3.05) is 26.2 Å². The van der Waals surface area contributed by atoms with E-state index in [4.69, 9.17) is 9.47 Å². The average molecular weight is 450 g/mol. The van der Waals surface area contributed by atoms with Gasteiger partial charge in [0.05, 0.1) is 12.2 Å². The molecule has 5 nitrogen and oxygen atoms in total. The number of nitrogens with one attached hydrogen (secondary N) is 1. The minimum Gasteiger partial charge on any atom is -0.474 e. The first-order chi connectivity index (χ1) is 13.7. The van der Waals surface area contributed by atoms with Crippen molar-refractivity contribution in [2.24, 2.45) is 5.92 Å². The predicted molar refractivity (Wildman–Crippen MR) is 113 cm³/mol. The first-order valence-corrected chi connectivity index (χ1v) is 11.9. The molecular formula is C22H32BrN3O2. The molecule has 2 aliphatic heterocycles. The lowest BCUT2D eigenvalue weighted by molar-refractivity contribution is -0.115. The van der Waals surface area contributed by atoms with E-state index in [1.165, 1.54) is 64.7 Å². The van der Waals surface area contributed by atoms with Gasteiger partial charge < -0.3 is 14.8 Å². The van der Waals surface area contributed by atoms with Gasteiger partial charge in [-0.2, -0.15) is 0 Å². The summed E-state index contributed by atoms with van der Waals surface area (Å²) >= 11 is 3.47. The Morgan fingerprint density at radius 3 is 2.46 bits per heavy atom. The third-order valence-corrected chi connectivity index (χ3v) is 7.85. The average Bonchev–Trinajstić information content (AvgIpc) is 3.50. The largest absolute Gasteiger partial charge is 0.474 e. The summed E-state index contributed by atoms with van der Waals surface area (Å²) in [7, 11) is 0. The standard InChI is InChI=1S/C22H32BrN3O2/c23-17-3-10-25-21(13-17)28-20-14-19(15-20)27-18-4-11-26(12-5-18)22(6-7-22)16-1-8-24-9-2-16/h3,10,13,16,18-20,24H,1-2,4-9,11-12,14-15H2/t19-,20-. The molecule has 1 N–H and O–H groups in total. The van der Waals surface area contributed by atoms with Crippen LogP contribution in [0.4, 0.5) is 0 Å². The maximum absolute atomic E-state index is 6.40. The number of piperidine rings is 2. The molecular weight excluding hydrogens is 418 g/mol. The topological polar surface area (TPSA) is 46.6 Å². The molecule has 4 fully saturated rings. The summed E-state index contributed by atoms with van der Waals surface area (Å²) in [4.78, 5) is 7.10. The second kappa shape index (κ2) is 8.21. The summed E-state index contributed by atoms with van der Waals surface area (Å²) < 4.78 is 13.4. The van der Waals surface area contributed by atoms with Gasteiger partial charge in [0.25, 0.3) is 0 Å². The van der Waals surface area contributed by atoms with Crippen LogP contribution >= 0.6 is 15.9 Å². The highest BCUT2D eigenvalue weighted by Gasteiger charge is 2.53. The fraction of sp³-hybridized carbons (Fsp3) is 0.773. The lowest BCUT2D eigenvalue weighted by atomic mass is 9.85. The third kappa shape index (κ3) is 4.11. The van der Waals surface area contributed by atoms with Gasteiger partial charge in [-0.25, -0.2) is 4.98 Å². The number of aromatic nitrogens is 1. The molecule has 28 heavy (non-hydrogen) atoms. The van der Waals surface area contributed by atoms with Gasteiger partial charge in [0.15, 0.2) is 0 Å². The summed E-state index contributed by atoms with van der Waals surface area (Å²) in [5.41, 5.74) is 0.555. The van der Waals surface area contributed by atoms with Crippen molar-refractivity contribution < 1.29 is 9.47 Å². The Bertz CT molecular complexity index is 664. The van der Waals surface area contributed by atoms with Gasteiger partial charge in [0.1, 0.15) is 6.10 Å². The van der Waals surface area contributed by atoms with E-state index in [0.717, 1.165) is 23.2 Å². The fourth-order valence-electron chi connectivity index (χ4n) is 5.52. The van der Waals surface area contributed by atoms with Gasteiger partial charge in [-0.15, -0.1) is 0 Å². The van der Waals surface area contributed by atoms with Crippen LogP contribution in [0.3, 0.4) is 0 Å². The zero-order valence-corrected chi connectivity index (χ0v) is 18.2. The quantitative estimate of drug-likeness (QED) is 0.715. The summed E-state index contributed by atoms with van der Waals surface area (Å²) in [6, 6.07) is 3.85. The lowest BCUT2D eigenvalue weighted by Gasteiger charge is -2.44. The number of hydrogen-bond donors (Lipinski definition) is 1. The molecule has 0 spiro atoms. The Hall–Kier alpha value is -0.690. The number of ether oxygens (including phenoxy) is 2. The highest BCUT2D eigenvalue weighted by molar-refractivity contribution is 9.10. The number of rotatable bonds is 6. The molecule has 6 heteroatoms. The van der Waals surface area contributed by atoms with Gasteiger partial charge in [0, 0.05) is 48.2 Å². The van der Waals surface area contributed by atoms with Gasteiger partial charge in [-0.3, -0.25) is 4.90 Å². The van der Waals surface area contributed by atoms with Crippen LogP contribution in [-0.2, 0) is 4.74 Å². The van der Waals surface area contributed by atoms with E-state index in [9.17, 15) is 0 Å². The first kappa shape index (κ1) is 19.3. The molecule has 0 bridgehead atoms. The van der Waals surface area contributed by atoms with Crippen molar-refractivity contribution in [3.8, 4) is 5.88 Å². The Morgan fingerprint density at radius 1 is 1.04 bits per heavy atom. The van der Waals surface area contributed by atoms with Crippen LogP contribution in [0.25, 0.3) is 0 Å². The second-order valence-corrected chi connectivity index (χ2v) is 10.0. The maximum Gasteiger partial charge on any atom is 0.214 e. The Morgan fingerprint density at radius 2 is 1.79 bits per heavy atom. The molecule has 0 aromatic carbocycles. The molecule has 5 rings (SSSR count). The molecule has 2 saturated carbocycles. The van der Waals surface area contributed by atoms with Crippen LogP contribution in [0.15, 0.2) is 22.8 Å². The number of halogens is 1. The zero-order chi connectivity index (χ0) is 19.0. The van der Waals surface area contributed by atoms with E-state index in [0.29, 0.717) is 23.6 Å². The van der Waals surface area contributed by atoms with Crippen molar-refractivity contribution in [3.05, 3.63) is 22.8 Å². The Balaban J connectivity index is 1.04. The molecule has 154 valence electrons. The summed E-state index contributed by atoms with van der Waals surface area (Å²) in [6.45, 7) is 4.88. The van der Waals surface area contributed by atoms with E-state index in [1.54, 1.807) is 6.20 Å². The monoisotopic (exact) mass is 449 g/mol. The molecule has 0 radical (unpaired) electrons. The molecule has 1 aromatic heterocycles. The molecule has 2 saturated heterocycles. The smallest absolute Gasteiger partial charge is 0.214 e. The number of pyridine rings is 1. The van der Waals surface area contributed by atoms with Gasteiger partial charge in [0.2, 0.25) is 5.88 Å². The maximum atomic E-state index is 6.40. The van der Waals surface area contributed by atoms with Crippen LogP contribution in [0.1, 0.15) is 51.4 Å². The van der Waals surface area contributed by atoms with E-state index in [2.05, 4.69) is 31.1 Å². The third-order valence-electron chi connectivity index (χ3n) is 7.35. The molecule has 0 amide bonds. The SMILES string of the molecule is Brc1ccnc(O[C@H]2C[C@H](OC3CCN(C4(C5CCNCC5)CC4)CC3)C2)c1. The van der Waals surface area contributed by atoms with Crippen LogP contribution < -0.4 is 10.1 Å². The van der Waals surface area contributed by atoms with E-state index in [-0.39, 0.29) is 6.10 Å². The van der Waals surface area contributed by atoms with Crippen molar-refractivity contribution in [1.29, 1.82) is 0 Å². The normalized spacial score (nSPS) is 31.3. The van der Waals surface area contributed by atoms with E-state index >= 15 is 0 Å². The highest BCUT2D eigenvalue weighted by Crippen LogP contribution is 2.51. The summed E-state index contributed by atoms with van der Waals surface area (Å²) in [5.74, 6) is 1.63. The number of nitrogens with zero attached hydrogens (tertiary/aromatic N) is 2. The fourth-order valence-corrected chi connectivity index (χ4v) is 5.84. The van der Waals surface area contributed by atoms with Gasteiger partial charge >= 0.3 is 0 Å². The molecule has 1 aromatic rings. The van der Waals surface area contributed by atoms with Gasteiger partial charge in [-0.1, -0.05) is 15.9 Å². The zero-order valence-electron chi connectivity index (χ0n) is 16.6. The van der Waals surface area contributed by atoms with Crippen molar-refractivity contribution >= 4 is 15.9 Å². The molecule has 4 aliphatic rings.